The molecule has 0 unspecified atom stereocenters. The fraction of sp³-hybridized carbons (Fsp3) is 0.375. The molecule has 0 amide bonds. The molecular formula is C24H24FN7O. The van der Waals surface area contributed by atoms with Crippen molar-refractivity contribution in [3.8, 4) is 11.8 Å². The molecule has 0 radical (unpaired) electrons. The highest BCUT2D eigenvalue weighted by atomic mass is 19.1. The third-order valence-corrected chi connectivity index (χ3v) is 7.12. The van der Waals surface area contributed by atoms with Crippen LogP contribution in [0.1, 0.15) is 31.0 Å². The van der Waals surface area contributed by atoms with Gasteiger partial charge in [0.15, 0.2) is 11.3 Å². The summed E-state index contributed by atoms with van der Waals surface area (Å²) >= 11 is 0. The second-order valence-electron chi connectivity index (χ2n) is 8.95. The molecule has 2 fully saturated rings. The van der Waals surface area contributed by atoms with Crippen molar-refractivity contribution in [2.24, 2.45) is 11.1 Å². The largest absolute Gasteiger partial charge is 0.376 e. The number of imidazole rings is 1. The molecule has 5 heterocycles. The zero-order chi connectivity index (χ0) is 22.6. The van der Waals surface area contributed by atoms with Crippen molar-refractivity contribution in [1.29, 1.82) is 0 Å². The molecule has 2 aliphatic rings. The molecule has 33 heavy (non-hydrogen) atoms. The minimum Gasteiger partial charge on any atom is -0.376 e. The number of benzene rings is 1. The predicted molar refractivity (Wildman–Crippen MR) is 122 cm³/mol. The van der Waals surface area contributed by atoms with Gasteiger partial charge in [0, 0.05) is 36.9 Å². The molecule has 9 heteroatoms. The molecule has 0 aliphatic carbocycles. The van der Waals surface area contributed by atoms with Gasteiger partial charge in [-0.15, -0.1) is 0 Å². The van der Waals surface area contributed by atoms with Gasteiger partial charge in [0.2, 0.25) is 5.95 Å². The van der Waals surface area contributed by atoms with Crippen LogP contribution in [0.2, 0.25) is 0 Å². The number of aromatic nitrogens is 5. The summed E-state index contributed by atoms with van der Waals surface area (Å²) in [6, 6.07) is 6.49. The normalized spacial score (nSPS) is 22.2. The van der Waals surface area contributed by atoms with Crippen molar-refractivity contribution in [1.82, 2.24) is 24.6 Å². The number of anilines is 1. The molecule has 6 rings (SSSR count). The van der Waals surface area contributed by atoms with E-state index in [9.17, 15) is 4.39 Å². The minimum absolute atomic E-state index is 0.0392. The number of nitrogens with zero attached hydrogens (tertiary/aromatic N) is 5. The van der Waals surface area contributed by atoms with Gasteiger partial charge in [-0.1, -0.05) is 18.1 Å². The third kappa shape index (κ3) is 3.17. The molecule has 8 nitrogen and oxygen atoms in total. The van der Waals surface area contributed by atoms with Crippen LogP contribution < -0.4 is 10.6 Å². The summed E-state index contributed by atoms with van der Waals surface area (Å²) in [7, 11) is 0. The Bertz CT molecular complexity index is 1410. The van der Waals surface area contributed by atoms with E-state index in [1.807, 2.05) is 10.6 Å². The number of aromatic amines is 1. The van der Waals surface area contributed by atoms with Crippen molar-refractivity contribution < 1.29 is 9.13 Å². The van der Waals surface area contributed by atoms with E-state index in [4.69, 9.17) is 15.5 Å². The van der Waals surface area contributed by atoms with E-state index in [1.165, 1.54) is 6.07 Å². The van der Waals surface area contributed by atoms with Crippen molar-refractivity contribution in [2.75, 3.05) is 24.6 Å². The third-order valence-electron chi connectivity index (χ3n) is 7.12. The molecule has 0 bridgehead atoms. The Kier molecular flexibility index (Phi) is 4.60. The van der Waals surface area contributed by atoms with Crippen molar-refractivity contribution in [3.63, 3.8) is 0 Å². The number of hydrogen-bond donors (Lipinski definition) is 2. The van der Waals surface area contributed by atoms with Gasteiger partial charge in [-0.05, 0) is 37.8 Å². The minimum atomic E-state index is -0.360. The van der Waals surface area contributed by atoms with Crippen LogP contribution in [0.5, 0.6) is 0 Å². The summed E-state index contributed by atoms with van der Waals surface area (Å²) < 4.78 is 21.8. The van der Waals surface area contributed by atoms with Gasteiger partial charge in [0.25, 0.3) is 0 Å². The molecule has 4 aromatic rings. The lowest BCUT2D eigenvalue weighted by Gasteiger charge is -2.41. The van der Waals surface area contributed by atoms with Gasteiger partial charge in [-0.25, -0.2) is 9.37 Å². The fourth-order valence-electron chi connectivity index (χ4n) is 5.06. The molecule has 2 aliphatic heterocycles. The number of H-pyrrole nitrogens is 1. The maximum Gasteiger partial charge on any atom is 0.213 e. The number of piperidine rings is 1. The summed E-state index contributed by atoms with van der Waals surface area (Å²) in [4.78, 5) is 11.7. The van der Waals surface area contributed by atoms with Crippen molar-refractivity contribution in [3.05, 3.63) is 53.7 Å². The summed E-state index contributed by atoms with van der Waals surface area (Å²) in [5, 5.41) is 8.05. The maximum absolute atomic E-state index is 14.0. The molecule has 2 atom stereocenters. The van der Waals surface area contributed by atoms with E-state index >= 15 is 0 Å². The first-order valence-corrected chi connectivity index (χ1v) is 11.2. The van der Waals surface area contributed by atoms with Crippen LogP contribution in [0.25, 0.3) is 16.7 Å². The summed E-state index contributed by atoms with van der Waals surface area (Å²) in [5.41, 5.74) is 8.66. The molecule has 3 N–H and O–H groups in total. The predicted octanol–water partition coefficient (Wildman–Crippen LogP) is 2.48. The Hall–Kier alpha value is -3.48. The Balaban J connectivity index is 1.35. The van der Waals surface area contributed by atoms with Crippen LogP contribution >= 0.6 is 0 Å². The average Bonchev–Trinajstić information content (AvgIpc) is 3.54. The monoisotopic (exact) mass is 445 g/mol. The number of ether oxygens (including phenoxy) is 1. The molecule has 1 aromatic carbocycles. The molecule has 1 spiro atoms. The van der Waals surface area contributed by atoms with E-state index in [2.05, 4.69) is 38.8 Å². The first kappa shape index (κ1) is 20.1. The van der Waals surface area contributed by atoms with Crippen LogP contribution in [0.3, 0.4) is 0 Å². The van der Waals surface area contributed by atoms with Gasteiger partial charge in [0.05, 0.1) is 23.7 Å². The van der Waals surface area contributed by atoms with Crippen molar-refractivity contribution >= 4 is 22.6 Å². The number of halogens is 1. The highest BCUT2D eigenvalue weighted by Crippen LogP contribution is 2.42. The zero-order valence-corrected chi connectivity index (χ0v) is 18.3. The van der Waals surface area contributed by atoms with Crippen LogP contribution in [0.15, 0.2) is 36.7 Å². The molecule has 168 valence electrons. The van der Waals surface area contributed by atoms with E-state index in [1.54, 1.807) is 24.4 Å². The summed E-state index contributed by atoms with van der Waals surface area (Å²) in [6.07, 6.45) is 5.65. The van der Waals surface area contributed by atoms with E-state index < -0.39 is 0 Å². The zero-order valence-electron chi connectivity index (χ0n) is 18.3. The van der Waals surface area contributed by atoms with Crippen LogP contribution in [-0.2, 0) is 4.74 Å². The van der Waals surface area contributed by atoms with Crippen LogP contribution in [-0.4, -0.2) is 56.4 Å². The second kappa shape index (κ2) is 7.54. The van der Waals surface area contributed by atoms with Gasteiger partial charge in [-0.3, -0.25) is 9.50 Å². The van der Waals surface area contributed by atoms with Crippen LogP contribution in [0, 0.1) is 23.1 Å². The Morgan fingerprint density at radius 2 is 2.06 bits per heavy atom. The first-order chi connectivity index (χ1) is 16.1. The van der Waals surface area contributed by atoms with E-state index in [0.29, 0.717) is 16.9 Å². The number of nitrogens with one attached hydrogen (secondary N) is 1. The summed E-state index contributed by atoms with van der Waals surface area (Å²) in [5.74, 6) is 6.30. The Morgan fingerprint density at radius 1 is 1.24 bits per heavy atom. The lowest BCUT2D eigenvalue weighted by atomic mass is 9.73. The number of nitrogens with two attached hydrogens (primary N) is 1. The van der Waals surface area contributed by atoms with Gasteiger partial charge in [0.1, 0.15) is 11.5 Å². The smallest absolute Gasteiger partial charge is 0.213 e. The maximum atomic E-state index is 14.0. The number of rotatable bonds is 1. The van der Waals surface area contributed by atoms with Crippen LogP contribution in [0.4, 0.5) is 10.3 Å². The Morgan fingerprint density at radius 3 is 2.82 bits per heavy atom. The highest BCUT2D eigenvalue weighted by Gasteiger charge is 2.47. The molecular weight excluding hydrogens is 421 g/mol. The SMILES string of the molecule is C[C@@H]1OCC2(CCN(c3nc4[nH]nc(C#Cc5ccccc5F)c4c4nccn34)CC2)[C@@H]1N. The van der Waals surface area contributed by atoms with E-state index in [0.717, 1.165) is 49.5 Å². The Labute approximate surface area is 190 Å². The van der Waals surface area contributed by atoms with Gasteiger partial charge < -0.3 is 15.4 Å². The van der Waals surface area contributed by atoms with Crippen molar-refractivity contribution in [2.45, 2.75) is 31.9 Å². The lowest BCUT2D eigenvalue weighted by molar-refractivity contribution is 0.0973. The lowest BCUT2D eigenvalue weighted by Crippen LogP contribution is -2.51. The second-order valence-corrected chi connectivity index (χ2v) is 8.95. The van der Waals surface area contributed by atoms with Gasteiger partial charge in [-0.2, -0.15) is 10.1 Å². The standard InChI is InChI=1S/C24H24FN7O/c1-15-20(26)24(14-33-15)8-11-31(12-9-24)23-28-21-19(22-27-10-13-32(22)23)18(29-30-21)7-6-16-4-2-3-5-17(16)25/h2-5,10,13,15,20H,8-9,11-12,14,26H2,1H3,(H,29,30)/t15-,20+/m0/s1. The van der Waals surface area contributed by atoms with E-state index in [-0.39, 0.29) is 23.4 Å². The quantitative estimate of drug-likeness (QED) is 0.437. The average molecular weight is 446 g/mol. The summed E-state index contributed by atoms with van der Waals surface area (Å²) in [6.45, 7) is 4.45. The topological polar surface area (TPSA) is 97.4 Å². The molecule has 3 aromatic heterocycles. The molecule has 0 saturated carbocycles. The highest BCUT2D eigenvalue weighted by molar-refractivity contribution is 5.94. The van der Waals surface area contributed by atoms with Gasteiger partial charge >= 0.3 is 0 Å². The number of fused-ring (bicyclic) bond motifs is 3. The molecule has 2 saturated heterocycles. The fourth-order valence-corrected chi connectivity index (χ4v) is 5.06. The number of hydrogen-bond acceptors (Lipinski definition) is 6. The first-order valence-electron chi connectivity index (χ1n) is 11.2.